The second-order valence-corrected chi connectivity index (χ2v) is 5.25. The number of amides is 1. The monoisotopic (exact) mass is 331 g/mol. The molecule has 24 heavy (non-hydrogen) atoms. The van der Waals surface area contributed by atoms with Crippen molar-refractivity contribution in [2.24, 2.45) is 0 Å². The molecule has 2 aromatic rings. The molecule has 0 aliphatic rings. The van der Waals surface area contributed by atoms with Crippen molar-refractivity contribution in [3.63, 3.8) is 0 Å². The van der Waals surface area contributed by atoms with Crippen LogP contribution in [0.4, 0.5) is 10.1 Å². The molecule has 0 radical (unpaired) electrons. The van der Waals surface area contributed by atoms with Crippen LogP contribution >= 0.6 is 0 Å². The van der Waals surface area contributed by atoms with Crippen LogP contribution in [0.25, 0.3) is 0 Å². The first-order chi connectivity index (χ1) is 11.4. The summed E-state index contributed by atoms with van der Waals surface area (Å²) in [5.74, 6) is -1.00. The minimum Gasteiger partial charge on any atom is -0.482 e. The predicted molar refractivity (Wildman–Crippen MR) is 87.4 cm³/mol. The van der Waals surface area contributed by atoms with Crippen molar-refractivity contribution in [3.05, 3.63) is 59.4 Å². The quantitative estimate of drug-likeness (QED) is 0.827. The molecule has 0 heterocycles. The Kier molecular flexibility index (Phi) is 5.89. The third-order valence-electron chi connectivity index (χ3n) is 3.33. The summed E-state index contributed by atoms with van der Waals surface area (Å²) in [5, 5.41) is 2.49. The van der Waals surface area contributed by atoms with Crippen LogP contribution in [-0.2, 0) is 14.3 Å². The van der Waals surface area contributed by atoms with Gasteiger partial charge < -0.3 is 14.8 Å². The number of halogens is 1. The van der Waals surface area contributed by atoms with Crippen molar-refractivity contribution in [3.8, 4) is 5.75 Å². The zero-order valence-electron chi connectivity index (χ0n) is 13.5. The van der Waals surface area contributed by atoms with Gasteiger partial charge in [0.05, 0.1) is 0 Å². The highest BCUT2D eigenvalue weighted by atomic mass is 19.1. The summed E-state index contributed by atoms with van der Waals surface area (Å²) >= 11 is 0. The van der Waals surface area contributed by atoms with E-state index in [4.69, 9.17) is 9.47 Å². The van der Waals surface area contributed by atoms with Crippen LogP contribution in [0.3, 0.4) is 0 Å². The number of carbonyl (C=O) groups excluding carboxylic acids is 2. The van der Waals surface area contributed by atoms with Gasteiger partial charge >= 0.3 is 5.97 Å². The van der Waals surface area contributed by atoms with Crippen molar-refractivity contribution in [1.29, 1.82) is 0 Å². The van der Waals surface area contributed by atoms with E-state index in [1.54, 1.807) is 6.07 Å². The molecule has 6 heteroatoms. The summed E-state index contributed by atoms with van der Waals surface area (Å²) in [4.78, 5) is 23.2. The van der Waals surface area contributed by atoms with E-state index >= 15 is 0 Å². The lowest BCUT2D eigenvalue weighted by Crippen LogP contribution is -2.23. The summed E-state index contributed by atoms with van der Waals surface area (Å²) in [6, 6.07) is 10.8. The van der Waals surface area contributed by atoms with Crippen molar-refractivity contribution in [2.75, 3.05) is 18.5 Å². The summed E-state index contributed by atoms with van der Waals surface area (Å²) in [7, 11) is 0. The molecule has 2 rings (SSSR count). The van der Waals surface area contributed by atoms with Crippen LogP contribution in [0.5, 0.6) is 5.75 Å². The zero-order chi connectivity index (χ0) is 17.5. The van der Waals surface area contributed by atoms with Gasteiger partial charge in [0.2, 0.25) is 0 Å². The molecule has 0 aromatic heterocycles. The second kappa shape index (κ2) is 8.10. The number of benzene rings is 2. The van der Waals surface area contributed by atoms with Gasteiger partial charge in [-0.15, -0.1) is 0 Å². The van der Waals surface area contributed by atoms with E-state index in [1.807, 2.05) is 26.0 Å². The van der Waals surface area contributed by atoms with Crippen LogP contribution < -0.4 is 10.1 Å². The lowest BCUT2D eigenvalue weighted by molar-refractivity contribution is -0.149. The van der Waals surface area contributed by atoms with Crippen molar-refractivity contribution in [2.45, 2.75) is 13.8 Å². The topological polar surface area (TPSA) is 64.6 Å². The normalized spacial score (nSPS) is 10.1. The zero-order valence-corrected chi connectivity index (χ0v) is 13.5. The molecule has 0 atom stereocenters. The van der Waals surface area contributed by atoms with Crippen LogP contribution in [0.15, 0.2) is 42.5 Å². The number of anilines is 1. The lowest BCUT2D eigenvalue weighted by Gasteiger charge is -2.09. The fourth-order valence-corrected chi connectivity index (χ4v) is 1.86. The predicted octanol–water partition coefficient (Wildman–Crippen LogP) is 3.00. The third kappa shape index (κ3) is 5.39. The molecule has 2 aromatic carbocycles. The lowest BCUT2D eigenvalue weighted by atomic mass is 10.1. The molecule has 0 aliphatic heterocycles. The van der Waals surface area contributed by atoms with Crippen LogP contribution in [0.1, 0.15) is 11.1 Å². The Labute approximate surface area is 139 Å². The maximum atomic E-state index is 12.8. The van der Waals surface area contributed by atoms with E-state index < -0.39 is 24.3 Å². The standard InChI is InChI=1S/C18H18FNO4/c1-12-3-8-16(9-13(12)2)23-11-18(22)24-10-17(21)20-15-6-4-14(19)5-7-15/h3-9H,10-11H2,1-2H3,(H,20,21). The van der Waals surface area contributed by atoms with Gasteiger partial charge in [-0.3, -0.25) is 4.79 Å². The maximum Gasteiger partial charge on any atom is 0.344 e. The van der Waals surface area contributed by atoms with E-state index in [1.165, 1.54) is 24.3 Å². The van der Waals surface area contributed by atoms with E-state index in [9.17, 15) is 14.0 Å². The van der Waals surface area contributed by atoms with Gasteiger partial charge in [-0.05, 0) is 61.4 Å². The summed E-state index contributed by atoms with van der Waals surface area (Å²) < 4.78 is 22.9. The molecular weight excluding hydrogens is 313 g/mol. The van der Waals surface area contributed by atoms with Gasteiger partial charge in [0.25, 0.3) is 5.91 Å². The highest BCUT2D eigenvalue weighted by Crippen LogP contribution is 2.16. The molecule has 0 fully saturated rings. The average Bonchev–Trinajstić information content (AvgIpc) is 2.56. The Morgan fingerprint density at radius 1 is 1.00 bits per heavy atom. The van der Waals surface area contributed by atoms with E-state index in [0.717, 1.165) is 11.1 Å². The molecule has 0 aliphatic carbocycles. The first-order valence-corrected chi connectivity index (χ1v) is 7.35. The van der Waals surface area contributed by atoms with E-state index in [2.05, 4.69) is 5.32 Å². The number of hydrogen-bond donors (Lipinski definition) is 1. The SMILES string of the molecule is Cc1ccc(OCC(=O)OCC(=O)Nc2ccc(F)cc2)cc1C. The van der Waals surface area contributed by atoms with Gasteiger partial charge in [-0.2, -0.15) is 0 Å². The van der Waals surface area contributed by atoms with E-state index in [-0.39, 0.29) is 6.61 Å². The van der Waals surface area contributed by atoms with E-state index in [0.29, 0.717) is 11.4 Å². The minimum atomic E-state index is -0.650. The average molecular weight is 331 g/mol. The molecule has 0 spiro atoms. The summed E-state index contributed by atoms with van der Waals surface area (Å²) in [6.07, 6.45) is 0. The highest BCUT2D eigenvalue weighted by Gasteiger charge is 2.09. The molecule has 0 bridgehead atoms. The Balaban J connectivity index is 1.73. The van der Waals surface area contributed by atoms with Crippen molar-refractivity contribution >= 4 is 17.6 Å². The summed E-state index contributed by atoms with van der Waals surface area (Å²) in [5.41, 5.74) is 2.60. The molecule has 1 N–H and O–H groups in total. The maximum absolute atomic E-state index is 12.8. The Hall–Kier alpha value is -2.89. The third-order valence-corrected chi connectivity index (χ3v) is 3.33. The van der Waals surface area contributed by atoms with Crippen molar-refractivity contribution in [1.82, 2.24) is 0 Å². The Bertz CT molecular complexity index is 728. The van der Waals surface area contributed by atoms with Crippen molar-refractivity contribution < 1.29 is 23.5 Å². The molecule has 5 nitrogen and oxygen atoms in total. The largest absolute Gasteiger partial charge is 0.482 e. The molecule has 0 saturated heterocycles. The highest BCUT2D eigenvalue weighted by molar-refractivity contribution is 5.92. The number of ether oxygens (including phenoxy) is 2. The Morgan fingerprint density at radius 2 is 1.71 bits per heavy atom. The van der Waals surface area contributed by atoms with Gasteiger partial charge in [0.15, 0.2) is 13.2 Å². The minimum absolute atomic E-state index is 0.285. The smallest absolute Gasteiger partial charge is 0.344 e. The number of carbonyl (C=O) groups is 2. The number of hydrogen-bond acceptors (Lipinski definition) is 4. The van der Waals surface area contributed by atoms with Crippen LogP contribution in [0.2, 0.25) is 0 Å². The van der Waals surface area contributed by atoms with Gasteiger partial charge in [0.1, 0.15) is 11.6 Å². The molecular formula is C18H18FNO4. The van der Waals surface area contributed by atoms with Gasteiger partial charge in [-0.1, -0.05) is 6.07 Å². The fourth-order valence-electron chi connectivity index (χ4n) is 1.86. The molecule has 0 saturated carbocycles. The first-order valence-electron chi connectivity index (χ1n) is 7.35. The van der Waals surface area contributed by atoms with Gasteiger partial charge in [-0.25, -0.2) is 9.18 Å². The number of aryl methyl sites for hydroxylation is 2. The second-order valence-electron chi connectivity index (χ2n) is 5.25. The first kappa shape index (κ1) is 17.5. The molecule has 0 unspecified atom stereocenters. The van der Waals surface area contributed by atoms with Crippen LogP contribution in [0, 0.1) is 19.7 Å². The number of nitrogens with one attached hydrogen (secondary N) is 1. The number of rotatable bonds is 6. The molecule has 126 valence electrons. The molecule has 1 amide bonds. The van der Waals surface area contributed by atoms with Gasteiger partial charge in [0, 0.05) is 5.69 Å². The summed E-state index contributed by atoms with van der Waals surface area (Å²) in [6.45, 7) is 3.20. The fraction of sp³-hybridized carbons (Fsp3) is 0.222. The number of esters is 1. The van der Waals surface area contributed by atoms with Crippen LogP contribution in [-0.4, -0.2) is 25.1 Å². The Morgan fingerprint density at radius 3 is 2.38 bits per heavy atom.